The summed E-state index contributed by atoms with van der Waals surface area (Å²) in [4.78, 5) is 0. The molecule has 0 fully saturated rings. The average Bonchev–Trinajstić information content (AvgIpc) is 2.14. The van der Waals surface area contributed by atoms with Gasteiger partial charge in [-0.3, -0.25) is 0 Å². The van der Waals surface area contributed by atoms with Gasteiger partial charge < -0.3 is 10.5 Å². The van der Waals surface area contributed by atoms with E-state index < -0.39 is 0 Å². The Morgan fingerprint density at radius 3 is 2.31 bits per heavy atom. The van der Waals surface area contributed by atoms with Crippen LogP contribution in [-0.2, 0) is 0 Å². The highest BCUT2D eigenvalue weighted by molar-refractivity contribution is 5.85. The van der Waals surface area contributed by atoms with Crippen molar-refractivity contribution in [3.63, 3.8) is 0 Å². The number of hydrogen-bond acceptors (Lipinski definition) is 2. The van der Waals surface area contributed by atoms with E-state index in [0.717, 1.165) is 0 Å². The van der Waals surface area contributed by atoms with Gasteiger partial charge >= 0.3 is 0 Å². The highest BCUT2D eigenvalue weighted by Gasteiger charge is 2.26. The van der Waals surface area contributed by atoms with E-state index in [2.05, 4.69) is 0 Å². The molecule has 4 heteroatoms. The summed E-state index contributed by atoms with van der Waals surface area (Å²) in [5, 5.41) is 0. The lowest BCUT2D eigenvalue weighted by Gasteiger charge is -2.28. The predicted molar refractivity (Wildman–Crippen MR) is 66.6 cm³/mol. The van der Waals surface area contributed by atoms with Crippen molar-refractivity contribution in [3.05, 3.63) is 29.6 Å². The molecule has 0 aliphatic heterocycles. The molecule has 0 unspecified atom stereocenters. The number of hydrogen-bond donors (Lipinski definition) is 1. The molecule has 0 heterocycles. The first kappa shape index (κ1) is 15.2. The minimum Gasteiger partial charge on any atom is -0.493 e. The standard InChI is InChI=1S/C12H18FNO.ClH/c1-12(2,3)11(14)8-6-5-7-9(13)10(8)15-4;/h5-7,11H,14H2,1-4H3;1H/t11-;/m1./s1. The van der Waals surface area contributed by atoms with Crippen LogP contribution in [0.1, 0.15) is 32.4 Å². The zero-order valence-corrected chi connectivity index (χ0v) is 10.9. The maximum atomic E-state index is 13.4. The molecule has 0 radical (unpaired) electrons. The number of benzene rings is 1. The Kier molecular flexibility index (Phi) is 5.23. The second kappa shape index (κ2) is 5.51. The Balaban J connectivity index is 0.00000225. The molecule has 0 bridgehead atoms. The molecule has 2 N–H and O–H groups in total. The van der Waals surface area contributed by atoms with E-state index in [4.69, 9.17) is 10.5 Å². The molecule has 1 aromatic carbocycles. The van der Waals surface area contributed by atoms with Crippen LogP contribution in [0.3, 0.4) is 0 Å². The zero-order valence-electron chi connectivity index (χ0n) is 10.1. The maximum Gasteiger partial charge on any atom is 0.165 e. The first-order chi connectivity index (χ1) is 6.88. The van der Waals surface area contributed by atoms with Crippen LogP contribution in [-0.4, -0.2) is 7.11 Å². The Morgan fingerprint density at radius 1 is 1.31 bits per heavy atom. The molecule has 1 rings (SSSR count). The van der Waals surface area contributed by atoms with Crippen LogP contribution in [0.5, 0.6) is 5.75 Å². The molecule has 92 valence electrons. The van der Waals surface area contributed by atoms with Crippen LogP contribution in [0, 0.1) is 11.2 Å². The molecule has 0 saturated carbocycles. The Labute approximate surface area is 102 Å². The lowest BCUT2D eigenvalue weighted by molar-refractivity contribution is 0.308. The van der Waals surface area contributed by atoms with Crippen molar-refractivity contribution in [2.45, 2.75) is 26.8 Å². The van der Waals surface area contributed by atoms with Gasteiger partial charge in [0.15, 0.2) is 11.6 Å². The van der Waals surface area contributed by atoms with Gasteiger partial charge in [-0.2, -0.15) is 0 Å². The van der Waals surface area contributed by atoms with Crippen molar-refractivity contribution < 1.29 is 9.13 Å². The van der Waals surface area contributed by atoms with E-state index in [0.29, 0.717) is 5.56 Å². The van der Waals surface area contributed by atoms with E-state index in [1.165, 1.54) is 13.2 Å². The predicted octanol–water partition coefficient (Wildman–Crippen LogP) is 3.30. The number of rotatable bonds is 2. The van der Waals surface area contributed by atoms with Gasteiger partial charge in [-0.25, -0.2) is 4.39 Å². The van der Waals surface area contributed by atoms with Gasteiger partial charge in [-0.15, -0.1) is 12.4 Å². The van der Waals surface area contributed by atoms with Crippen LogP contribution < -0.4 is 10.5 Å². The van der Waals surface area contributed by atoms with Crippen molar-refractivity contribution in [1.82, 2.24) is 0 Å². The van der Waals surface area contributed by atoms with Gasteiger partial charge in [0.05, 0.1) is 7.11 Å². The van der Waals surface area contributed by atoms with E-state index in [-0.39, 0.29) is 35.4 Å². The molecule has 1 aromatic rings. The zero-order chi connectivity index (χ0) is 11.6. The lowest BCUT2D eigenvalue weighted by atomic mass is 9.82. The first-order valence-corrected chi connectivity index (χ1v) is 4.96. The normalized spacial score (nSPS) is 12.9. The van der Waals surface area contributed by atoms with E-state index in [1.807, 2.05) is 20.8 Å². The molecule has 0 aromatic heterocycles. The number of ether oxygens (including phenoxy) is 1. The third kappa shape index (κ3) is 3.09. The van der Waals surface area contributed by atoms with Gasteiger partial charge in [0.1, 0.15) is 0 Å². The fourth-order valence-corrected chi connectivity index (χ4v) is 1.45. The molecule has 0 aliphatic carbocycles. The molecule has 2 nitrogen and oxygen atoms in total. The number of methoxy groups -OCH3 is 1. The SMILES string of the molecule is COc1c(F)cccc1[C@@H](N)C(C)(C)C.Cl. The largest absolute Gasteiger partial charge is 0.493 e. The Bertz CT molecular complexity index is 349. The third-order valence-corrected chi connectivity index (χ3v) is 2.47. The van der Waals surface area contributed by atoms with E-state index in [9.17, 15) is 4.39 Å². The lowest BCUT2D eigenvalue weighted by Crippen LogP contribution is -2.26. The molecule has 16 heavy (non-hydrogen) atoms. The van der Waals surface area contributed by atoms with E-state index in [1.54, 1.807) is 12.1 Å². The van der Waals surface area contributed by atoms with E-state index >= 15 is 0 Å². The minimum atomic E-state index is -0.366. The monoisotopic (exact) mass is 247 g/mol. The summed E-state index contributed by atoms with van der Waals surface area (Å²) in [7, 11) is 1.46. The molecule has 0 spiro atoms. The number of nitrogens with two attached hydrogens (primary N) is 1. The highest BCUT2D eigenvalue weighted by atomic mass is 35.5. The maximum absolute atomic E-state index is 13.4. The van der Waals surface area contributed by atoms with Crippen LogP contribution in [0.2, 0.25) is 0 Å². The quantitative estimate of drug-likeness (QED) is 0.870. The third-order valence-electron chi connectivity index (χ3n) is 2.47. The Hall–Kier alpha value is -0.800. The summed E-state index contributed by atoms with van der Waals surface area (Å²) < 4.78 is 18.5. The van der Waals surface area contributed by atoms with Crippen molar-refractivity contribution in [2.24, 2.45) is 11.1 Å². The van der Waals surface area contributed by atoms with Crippen LogP contribution in [0.25, 0.3) is 0 Å². The van der Waals surface area contributed by atoms with Crippen molar-refractivity contribution in [3.8, 4) is 5.75 Å². The van der Waals surface area contributed by atoms with Gasteiger partial charge in [-0.1, -0.05) is 32.9 Å². The van der Waals surface area contributed by atoms with Crippen molar-refractivity contribution in [1.29, 1.82) is 0 Å². The summed E-state index contributed by atoms with van der Waals surface area (Å²) in [6.45, 7) is 6.05. The molecule has 1 atom stereocenters. The molecule has 0 aliphatic rings. The van der Waals surface area contributed by atoms with Crippen LogP contribution in [0.4, 0.5) is 4.39 Å². The summed E-state index contributed by atoms with van der Waals surface area (Å²) in [5.41, 5.74) is 6.66. The average molecular weight is 248 g/mol. The van der Waals surface area contributed by atoms with Crippen molar-refractivity contribution in [2.75, 3.05) is 7.11 Å². The Morgan fingerprint density at radius 2 is 1.88 bits per heavy atom. The second-order valence-electron chi connectivity index (χ2n) is 4.71. The van der Waals surface area contributed by atoms with Crippen molar-refractivity contribution >= 4 is 12.4 Å². The minimum absolute atomic E-state index is 0. The number of para-hydroxylation sites is 1. The summed E-state index contributed by atoms with van der Waals surface area (Å²) in [5.74, 6) is -0.116. The smallest absolute Gasteiger partial charge is 0.165 e. The topological polar surface area (TPSA) is 35.2 Å². The fraction of sp³-hybridized carbons (Fsp3) is 0.500. The van der Waals surface area contributed by atoms with Gasteiger partial charge in [0, 0.05) is 11.6 Å². The molecular formula is C12H19ClFNO. The molecular weight excluding hydrogens is 229 g/mol. The molecule has 0 saturated heterocycles. The fourth-order valence-electron chi connectivity index (χ4n) is 1.45. The summed E-state index contributed by atoms with van der Waals surface area (Å²) >= 11 is 0. The van der Waals surface area contributed by atoms with Gasteiger partial charge in [-0.05, 0) is 11.5 Å². The first-order valence-electron chi connectivity index (χ1n) is 4.96. The van der Waals surface area contributed by atoms with Crippen LogP contribution >= 0.6 is 12.4 Å². The van der Waals surface area contributed by atoms with Gasteiger partial charge in [0.2, 0.25) is 0 Å². The summed E-state index contributed by atoms with van der Waals surface area (Å²) in [6, 6.07) is 4.58. The highest BCUT2D eigenvalue weighted by Crippen LogP contribution is 2.36. The number of halogens is 2. The van der Waals surface area contributed by atoms with Crippen LogP contribution in [0.15, 0.2) is 18.2 Å². The van der Waals surface area contributed by atoms with Gasteiger partial charge in [0.25, 0.3) is 0 Å². The second-order valence-corrected chi connectivity index (χ2v) is 4.71. The molecule has 0 amide bonds. The summed E-state index contributed by atoms with van der Waals surface area (Å²) in [6.07, 6.45) is 0.